The van der Waals surface area contributed by atoms with E-state index in [4.69, 9.17) is 4.74 Å². The molecule has 1 heterocycles. The third kappa shape index (κ3) is 2.09. The van der Waals surface area contributed by atoms with Gasteiger partial charge in [0.15, 0.2) is 3.01 Å². The van der Waals surface area contributed by atoms with E-state index in [0.717, 1.165) is 8.02 Å². The van der Waals surface area contributed by atoms with Crippen molar-refractivity contribution in [3.63, 3.8) is 0 Å². The Hall–Kier alpha value is 0.250. The SMILES string of the molecule is COC(C)(C)c1nnc(I)s1. The minimum Gasteiger partial charge on any atom is -0.372 e. The molecule has 0 bridgehead atoms. The van der Waals surface area contributed by atoms with Gasteiger partial charge in [-0.1, -0.05) is 11.3 Å². The van der Waals surface area contributed by atoms with Crippen LogP contribution in [-0.2, 0) is 10.3 Å². The number of ether oxygens (including phenoxy) is 1. The van der Waals surface area contributed by atoms with Crippen molar-refractivity contribution >= 4 is 33.9 Å². The Morgan fingerprint density at radius 3 is 2.45 bits per heavy atom. The second-order valence-electron chi connectivity index (χ2n) is 2.57. The first-order valence-corrected chi connectivity index (χ1v) is 5.00. The first-order chi connectivity index (χ1) is 5.06. The Labute approximate surface area is 83.3 Å². The molecule has 0 radical (unpaired) electrons. The summed E-state index contributed by atoms with van der Waals surface area (Å²) in [5.41, 5.74) is -0.304. The smallest absolute Gasteiger partial charge is 0.178 e. The topological polar surface area (TPSA) is 35.0 Å². The fourth-order valence-corrected chi connectivity index (χ4v) is 1.92. The van der Waals surface area contributed by atoms with Gasteiger partial charge in [0.05, 0.1) is 0 Å². The van der Waals surface area contributed by atoms with Crippen LogP contribution in [0.1, 0.15) is 18.9 Å². The van der Waals surface area contributed by atoms with Crippen molar-refractivity contribution in [3.8, 4) is 0 Å². The third-order valence-corrected chi connectivity index (χ3v) is 3.32. The molecule has 0 spiro atoms. The highest BCUT2D eigenvalue weighted by Gasteiger charge is 2.23. The van der Waals surface area contributed by atoms with E-state index < -0.39 is 0 Å². The molecule has 1 aromatic heterocycles. The quantitative estimate of drug-likeness (QED) is 0.779. The lowest BCUT2D eigenvalue weighted by molar-refractivity contribution is 0.0185. The Kier molecular flexibility index (Phi) is 2.82. The summed E-state index contributed by atoms with van der Waals surface area (Å²) in [6.45, 7) is 3.95. The van der Waals surface area contributed by atoms with Crippen molar-refractivity contribution in [1.82, 2.24) is 10.2 Å². The van der Waals surface area contributed by atoms with Crippen LogP contribution in [0.5, 0.6) is 0 Å². The molecule has 5 heteroatoms. The molecule has 0 N–H and O–H groups in total. The molecule has 0 saturated heterocycles. The van der Waals surface area contributed by atoms with Gasteiger partial charge < -0.3 is 4.74 Å². The molecule has 1 aromatic rings. The predicted octanol–water partition coefficient (Wildman–Crippen LogP) is 2.02. The minimum atomic E-state index is -0.304. The summed E-state index contributed by atoms with van der Waals surface area (Å²) in [6, 6.07) is 0. The van der Waals surface area contributed by atoms with Crippen LogP contribution in [0.2, 0.25) is 0 Å². The molecule has 0 aliphatic rings. The van der Waals surface area contributed by atoms with Crippen LogP contribution in [-0.4, -0.2) is 17.3 Å². The summed E-state index contributed by atoms with van der Waals surface area (Å²) >= 11 is 3.71. The van der Waals surface area contributed by atoms with Crippen molar-refractivity contribution in [3.05, 3.63) is 8.02 Å². The van der Waals surface area contributed by atoms with Gasteiger partial charge in [-0.2, -0.15) is 0 Å². The molecule has 0 aromatic carbocycles. The number of aromatic nitrogens is 2. The highest BCUT2D eigenvalue weighted by Crippen LogP contribution is 2.26. The van der Waals surface area contributed by atoms with E-state index in [1.807, 2.05) is 13.8 Å². The molecule has 3 nitrogen and oxygen atoms in total. The van der Waals surface area contributed by atoms with Gasteiger partial charge in [-0.3, -0.25) is 0 Å². The molecule has 0 unspecified atom stereocenters. The average molecular weight is 284 g/mol. The lowest BCUT2D eigenvalue weighted by Gasteiger charge is -2.18. The summed E-state index contributed by atoms with van der Waals surface area (Å²) in [5, 5.41) is 8.82. The number of hydrogen-bond acceptors (Lipinski definition) is 4. The van der Waals surface area contributed by atoms with Gasteiger partial charge in [-0.25, -0.2) is 0 Å². The molecule has 0 aliphatic heterocycles. The van der Waals surface area contributed by atoms with E-state index in [9.17, 15) is 0 Å². The van der Waals surface area contributed by atoms with E-state index in [2.05, 4.69) is 32.8 Å². The zero-order valence-electron chi connectivity index (χ0n) is 6.59. The maximum Gasteiger partial charge on any atom is 0.178 e. The fourth-order valence-electron chi connectivity index (χ4n) is 0.536. The molecule has 11 heavy (non-hydrogen) atoms. The van der Waals surface area contributed by atoms with Gasteiger partial charge in [0.1, 0.15) is 10.6 Å². The molecule has 0 amide bonds. The van der Waals surface area contributed by atoms with Crippen LogP contribution in [0.3, 0.4) is 0 Å². The molecule has 0 fully saturated rings. The highest BCUT2D eigenvalue weighted by molar-refractivity contribution is 14.1. The summed E-state index contributed by atoms with van der Waals surface area (Å²) in [7, 11) is 1.67. The van der Waals surface area contributed by atoms with Crippen molar-refractivity contribution in [2.24, 2.45) is 0 Å². The van der Waals surface area contributed by atoms with E-state index in [1.165, 1.54) is 0 Å². The van der Waals surface area contributed by atoms with Gasteiger partial charge in [0.2, 0.25) is 0 Å². The standard InChI is InChI=1S/C6H9IN2OS/c1-6(2,10-3)4-8-9-5(7)11-4/h1-3H3. The molecular weight excluding hydrogens is 275 g/mol. The Morgan fingerprint density at radius 1 is 1.45 bits per heavy atom. The molecule has 0 atom stereocenters. The van der Waals surface area contributed by atoms with Gasteiger partial charge >= 0.3 is 0 Å². The Balaban J connectivity index is 2.92. The summed E-state index contributed by atoms with van der Waals surface area (Å²) in [6.07, 6.45) is 0. The maximum absolute atomic E-state index is 5.24. The third-order valence-electron chi connectivity index (χ3n) is 1.43. The van der Waals surface area contributed by atoms with Crippen LogP contribution < -0.4 is 0 Å². The largest absolute Gasteiger partial charge is 0.372 e. The molecule has 1 rings (SSSR count). The number of nitrogens with zero attached hydrogens (tertiary/aromatic N) is 2. The number of methoxy groups -OCH3 is 1. The predicted molar refractivity (Wildman–Crippen MR) is 52.7 cm³/mol. The average Bonchev–Trinajstić information content (AvgIpc) is 2.36. The number of halogens is 1. The zero-order valence-corrected chi connectivity index (χ0v) is 9.56. The second-order valence-corrected chi connectivity index (χ2v) is 5.31. The first kappa shape index (κ1) is 9.34. The molecule has 0 saturated carbocycles. The molecule has 0 aliphatic carbocycles. The summed E-state index contributed by atoms with van der Waals surface area (Å²) < 4.78 is 6.19. The monoisotopic (exact) mass is 284 g/mol. The van der Waals surface area contributed by atoms with Crippen LogP contribution in [0.4, 0.5) is 0 Å². The van der Waals surface area contributed by atoms with Crippen LogP contribution in [0.15, 0.2) is 0 Å². The van der Waals surface area contributed by atoms with Gasteiger partial charge in [-0.15, -0.1) is 10.2 Å². The second kappa shape index (κ2) is 3.32. The van der Waals surface area contributed by atoms with Crippen LogP contribution >= 0.6 is 33.9 Å². The lowest BCUT2D eigenvalue weighted by atomic mass is 10.1. The van der Waals surface area contributed by atoms with Crippen molar-refractivity contribution in [1.29, 1.82) is 0 Å². The molecule has 62 valence electrons. The van der Waals surface area contributed by atoms with Crippen molar-refractivity contribution < 1.29 is 4.74 Å². The van der Waals surface area contributed by atoms with Gasteiger partial charge in [-0.05, 0) is 36.4 Å². The van der Waals surface area contributed by atoms with E-state index in [1.54, 1.807) is 18.4 Å². The van der Waals surface area contributed by atoms with Crippen molar-refractivity contribution in [2.45, 2.75) is 19.4 Å². The summed E-state index contributed by atoms with van der Waals surface area (Å²) in [4.78, 5) is 0. The number of rotatable bonds is 2. The first-order valence-electron chi connectivity index (χ1n) is 3.11. The van der Waals surface area contributed by atoms with Crippen LogP contribution in [0.25, 0.3) is 0 Å². The number of hydrogen-bond donors (Lipinski definition) is 0. The highest BCUT2D eigenvalue weighted by atomic mass is 127. The normalized spacial score (nSPS) is 12.0. The van der Waals surface area contributed by atoms with Crippen molar-refractivity contribution in [2.75, 3.05) is 7.11 Å². The Morgan fingerprint density at radius 2 is 2.09 bits per heavy atom. The van der Waals surface area contributed by atoms with Gasteiger partial charge in [0, 0.05) is 7.11 Å². The van der Waals surface area contributed by atoms with Crippen LogP contribution in [0, 0.1) is 3.01 Å². The van der Waals surface area contributed by atoms with E-state index >= 15 is 0 Å². The Bertz CT molecular complexity index is 248. The fraction of sp³-hybridized carbons (Fsp3) is 0.667. The minimum absolute atomic E-state index is 0.304. The maximum atomic E-state index is 5.24. The summed E-state index contributed by atoms with van der Waals surface area (Å²) in [5.74, 6) is 0. The van der Waals surface area contributed by atoms with E-state index in [0.29, 0.717) is 0 Å². The lowest BCUT2D eigenvalue weighted by Crippen LogP contribution is -2.18. The van der Waals surface area contributed by atoms with Gasteiger partial charge in [0.25, 0.3) is 0 Å². The molecular formula is C6H9IN2OS. The zero-order chi connectivity index (χ0) is 8.48. The van der Waals surface area contributed by atoms with E-state index in [-0.39, 0.29) is 5.60 Å².